The van der Waals surface area contributed by atoms with Crippen molar-refractivity contribution in [1.82, 2.24) is 4.98 Å². The quantitative estimate of drug-likeness (QED) is 0.383. The van der Waals surface area contributed by atoms with Crippen LogP contribution in [0.1, 0.15) is 46.6 Å². The molecule has 0 amide bonds. The average molecular weight is 347 g/mol. The van der Waals surface area contributed by atoms with Crippen LogP contribution in [0, 0.1) is 6.92 Å². The second-order valence-electron chi connectivity index (χ2n) is 7.03. The van der Waals surface area contributed by atoms with Gasteiger partial charge in [-0.3, -0.25) is 9.78 Å². The summed E-state index contributed by atoms with van der Waals surface area (Å²) in [6.07, 6.45) is 6.25. The van der Waals surface area contributed by atoms with Gasteiger partial charge < -0.3 is 9.15 Å². The molecule has 0 spiro atoms. The first-order valence-electron chi connectivity index (χ1n) is 8.86. The molecule has 0 saturated carbocycles. The minimum absolute atomic E-state index is 0.103. The highest BCUT2D eigenvalue weighted by Crippen LogP contribution is 2.46. The number of hydrogen-bond acceptors (Lipinski definition) is 5. The van der Waals surface area contributed by atoms with Crippen molar-refractivity contribution >= 4 is 16.9 Å². The van der Waals surface area contributed by atoms with Gasteiger partial charge in [0, 0.05) is 29.4 Å². The highest BCUT2D eigenvalue weighted by molar-refractivity contribution is 5.94. The van der Waals surface area contributed by atoms with Gasteiger partial charge in [-0.1, -0.05) is 6.07 Å². The van der Waals surface area contributed by atoms with E-state index in [1.54, 1.807) is 12.4 Å². The number of benzene rings is 1. The fourth-order valence-corrected chi connectivity index (χ4v) is 4.37. The molecule has 26 heavy (non-hydrogen) atoms. The Morgan fingerprint density at radius 2 is 2.04 bits per heavy atom. The van der Waals surface area contributed by atoms with Crippen molar-refractivity contribution in [3.8, 4) is 5.75 Å². The van der Waals surface area contributed by atoms with E-state index in [0.29, 0.717) is 11.3 Å². The molecule has 1 aromatic carbocycles. The van der Waals surface area contributed by atoms with E-state index < -0.39 is 0 Å². The summed E-state index contributed by atoms with van der Waals surface area (Å²) in [4.78, 5) is 28.9. The Labute approximate surface area is 149 Å². The van der Waals surface area contributed by atoms with Crippen LogP contribution < -0.4 is 10.4 Å². The van der Waals surface area contributed by atoms with Crippen molar-refractivity contribution in [2.45, 2.75) is 38.5 Å². The Morgan fingerprint density at radius 3 is 2.85 bits per heavy atom. The largest absolute Gasteiger partial charge is 0.425 e. The Bertz CT molecular complexity index is 1110. The summed E-state index contributed by atoms with van der Waals surface area (Å²) in [6.45, 7) is 1.97. The van der Waals surface area contributed by atoms with Crippen molar-refractivity contribution in [2.24, 2.45) is 0 Å². The molecule has 5 nitrogen and oxygen atoms in total. The molecule has 5 heteroatoms. The first-order valence-corrected chi connectivity index (χ1v) is 8.86. The van der Waals surface area contributed by atoms with Gasteiger partial charge >= 0.3 is 11.6 Å². The Kier molecular flexibility index (Phi) is 3.26. The van der Waals surface area contributed by atoms with Gasteiger partial charge in [-0.2, -0.15) is 0 Å². The van der Waals surface area contributed by atoms with Crippen LogP contribution in [-0.4, -0.2) is 11.0 Å². The van der Waals surface area contributed by atoms with E-state index in [1.807, 2.05) is 25.1 Å². The predicted octanol–water partition coefficient (Wildman–Crippen LogP) is 3.43. The molecular formula is C21H17NO4. The molecule has 0 radical (unpaired) electrons. The lowest BCUT2D eigenvalue weighted by molar-refractivity contribution is -0.135. The maximum absolute atomic E-state index is 12.4. The molecule has 0 saturated heterocycles. The number of carbonyl (C=O) groups is 1. The lowest BCUT2D eigenvalue weighted by atomic mass is 9.83. The van der Waals surface area contributed by atoms with Crippen LogP contribution in [-0.2, 0) is 17.6 Å². The van der Waals surface area contributed by atoms with Gasteiger partial charge in [-0.15, -0.1) is 0 Å². The number of aromatic nitrogens is 1. The Balaban J connectivity index is 1.86. The van der Waals surface area contributed by atoms with Crippen LogP contribution in [0.15, 0.2) is 39.8 Å². The zero-order valence-electron chi connectivity index (χ0n) is 14.4. The maximum atomic E-state index is 12.4. The topological polar surface area (TPSA) is 69.4 Å². The second-order valence-corrected chi connectivity index (χ2v) is 7.03. The number of fused-ring (bicyclic) bond motifs is 5. The molecule has 2 aromatic heterocycles. The number of pyridine rings is 1. The third kappa shape index (κ3) is 2.13. The SMILES string of the molecule is Cc1cc2oc(=O)c3c(c2c2c1C(c1cccnc1)CC(=O)O2)CCC3. The standard InChI is InChI=1S/C21H17NO4/c1-11-8-16-19(13-5-2-6-14(13)21(24)25-16)20-18(11)15(9-17(23)26-20)12-4-3-7-22-10-12/h3-4,7-8,10,15H,2,5-6,9H2,1H3. The number of rotatable bonds is 1. The molecule has 1 unspecified atom stereocenters. The second kappa shape index (κ2) is 5.53. The molecule has 1 atom stereocenters. The van der Waals surface area contributed by atoms with Crippen LogP contribution >= 0.6 is 0 Å². The normalized spacial score (nSPS) is 18.5. The molecule has 0 bridgehead atoms. The van der Waals surface area contributed by atoms with Crippen LogP contribution in [0.3, 0.4) is 0 Å². The zero-order chi connectivity index (χ0) is 17.8. The third-order valence-electron chi connectivity index (χ3n) is 5.48. The maximum Gasteiger partial charge on any atom is 0.339 e. The van der Waals surface area contributed by atoms with E-state index in [9.17, 15) is 9.59 Å². The predicted molar refractivity (Wildman–Crippen MR) is 95.6 cm³/mol. The van der Waals surface area contributed by atoms with Crippen molar-refractivity contribution in [2.75, 3.05) is 0 Å². The van der Waals surface area contributed by atoms with E-state index in [4.69, 9.17) is 9.15 Å². The number of carbonyl (C=O) groups excluding carboxylic acids is 1. The lowest BCUT2D eigenvalue weighted by Gasteiger charge is -2.28. The van der Waals surface area contributed by atoms with Gasteiger partial charge in [0.1, 0.15) is 11.3 Å². The first-order chi connectivity index (χ1) is 12.6. The van der Waals surface area contributed by atoms with Crippen molar-refractivity contribution < 1.29 is 13.9 Å². The number of ether oxygens (including phenoxy) is 1. The fraction of sp³-hybridized carbons (Fsp3) is 0.286. The fourth-order valence-electron chi connectivity index (χ4n) is 4.37. The van der Waals surface area contributed by atoms with Crippen molar-refractivity contribution in [3.05, 3.63) is 68.8 Å². The third-order valence-corrected chi connectivity index (χ3v) is 5.48. The first kappa shape index (κ1) is 15.3. The summed E-state index contributed by atoms with van der Waals surface area (Å²) >= 11 is 0. The van der Waals surface area contributed by atoms with Gasteiger partial charge in [0.2, 0.25) is 0 Å². The van der Waals surface area contributed by atoms with Crippen LogP contribution in [0.25, 0.3) is 11.0 Å². The Morgan fingerprint density at radius 1 is 1.19 bits per heavy atom. The van der Waals surface area contributed by atoms with Gasteiger partial charge in [0.05, 0.1) is 11.8 Å². The zero-order valence-corrected chi connectivity index (χ0v) is 14.4. The van der Waals surface area contributed by atoms with E-state index in [0.717, 1.165) is 52.5 Å². The summed E-state index contributed by atoms with van der Waals surface area (Å²) < 4.78 is 11.3. The van der Waals surface area contributed by atoms with Crippen LogP contribution in [0.2, 0.25) is 0 Å². The molecule has 5 rings (SSSR count). The summed E-state index contributed by atoms with van der Waals surface area (Å²) in [7, 11) is 0. The minimum atomic E-state index is -0.268. The van der Waals surface area contributed by atoms with Crippen molar-refractivity contribution in [3.63, 3.8) is 0 Å². The van der Waals surface area contributed by atoms with Gasteiger partial charge in [-0.05, 0) is 55.0 Å². The number of esters is 1. The molecule has 1 aliphatic heterocycles. The van der Waals surface area contributed by atoms with Crippen LogP contribution in [0.4, 0.5) is 0 Å². The smallest absolute Gasteiger partial charge is 0.339 e. The molecule has 1 aliphatic carbocycles. The molecule has 0 fully saturated rings. The molecule has 0 N–H and O–H groups in total. The van der Waals surface area contributed by atoms with Gasteiger partial charge in [0.15, 0.2) is 0 Å². The number of hydrogen-bond donors (Lipinski definition) is 0. The summed E-state index contributed by atoms with van der Waals surface area (Å²) in [5, 5.41) is 0.791. The van der Waals surface area contributed by atoms with E-state index >= 15 is 0 Å². The van der Waals surface area contributed by atoms with E-state index in [2.05, 4.69) is 4.98 Å². The minimum Gasteiger partial charge on any atom is -0.425 e. The Hall–Kier alpha value is -2.95. The summed E-state index contributed by atoms with van der Waals surface area (Å²) in [5.74, 6) is 0.191. The molecule has 130 valence electrons. The van der Waals surface area contributed by atoms with Crippen molar-refractivity contribution in [1.29, 1.82) is 0 Å². The molecule has 3 aromatic rings. The lowest BCUT2D eigenvalue weighted by Crippen LogP contribution is -2.23. The molecule has 3 heterocycles. The summed E-state index contributed by atoms with van der Waals surface area (Å²) in [5.41, 5.74) is 4.88. The number of aryl methyl sites for hydroxylation is 2. The van der Waals surface area contributed by atoms with E-state index in [-0.39, 0.29) is 23.9 Å². The van der Waals surface area contributed by atoms with E-state index in [1.165, 1.54) is 0 Å². The molecular weight excluding hydrogens is 330 g/mol. The monoisotopic (exact) mass is 347 g/mol. The summed E-state index contributed by atoms with van der Waals surface area (Å²) in [6, 6.07) is 5.76. The highest BCUT2D eigenvalue weighted by Gasteiger charge is 2.34. The highest BCUT2D eigenvalue weighted by atomic mass is 16.5. The van der Waals surface area contributed by atoms with Gasteiger partial charge in [0.25, 0.3) is 0 Å². The average Bonchev–Trinajstić information content (AvgIpc) is 3.12. The molecule has 2 aliphatic rings. The van der Waals surface area contributed by atoms with Gasteiger partial charge in [-0.25, -0.2) is 4.79 Å². The number of nitrogens with zero attached hydrogens (tertiary/aromatic N) is 1. The van der Waals surface area contributed by atoms with Crippen LogP contribution in [0.5, 0.6) is 5.75 Å².